The summed E-state index contributed by atoms with van der Waals surface area (Å²) in [5.41, 5.74) is 3.06. The maximum absolute atomic E-state index is 6.06. The highest BCUT2D eigenvalue weighted by Crippen LogP contribution is 2.45. The number of fused-ring (bicyclic) bond motifs is 2. The number of methoxy groups -OCH3 is 1. The van der Waals surface area contributed by atoms with Crippen LogP contribution in [0.3, 0.4) is 0 Å². The van der Waals surface area contributed by atoms with Crippen LogP contribution in [0, 0.1) is 13.8 Å². The third-order valence-electron chi connectivity index (χ3n) is 4.61. The summed E-state index contributed by atoms with van der Waals surface area (Å²) in [7, 11) is 1.69. The molecule has 1 aromatic carbocycles. The highest BCUT2D eigenvalue weighted by Gasteiger charge is 2.27. The number of rotatable bonds is 2. The molecule has 1 atom stereocenters. The van der Waals surface area contributed by atoms with Crippen LogP contribution in [0.5, 0.6) is 5.75 Å². The van der Waals surface area contributed by atoms with E-state index in [1.807, 2.05) is 19.9 Å². The quantitative estimate of drug-likeness (QED) is 0.767. The van der Waals surface area contributed by atoms with Gasteiger partial charge >= 0.3 is 0 Å². The van der Waals surface area contributed by atoms with Gasteiger partial charge in [-0.15, -0.1) is 0 Å². The molecule has 0 bridgehead atoms. The molecule has 1 fully saturated rings. The van der Waals surface area contributed by atoms with Crippen LogP contribution in [0.2, 0.25) is 0 Å². The average Bonchev–Trinajstić information content (AvgIpc) is 3.07. The van der Waals surface area contributed by atoms with E-state index in [-0.39, 0.29) is 0 Å². The first kappa shape index (κ1) is 13.7. The van der Waals surface area contributed by atoms with E-state index >= 15 is 0 Å². The largest absolute Gasteiger partial charge is 0.492 e. The Morgan fingerprint density at radius 1 is 1.09 bits per heavy atom. The van der Waals surface area contributed by atoms with E-state index in [1.165, 1.54) is 18.4 Å². The number of benzene rings is 1. The van der Waals surface area contributed by atoms with Gasteiger partial charge in [-0.3, -0.25) is 0 Å². The Balaban J connectivity index is 2.10. The molecule has 116 valence electrons. The van der Waals surface area contributed by atoms with Crippen molar-refractivity contribution in [1.29, 1.82) is 0 Å². The zero-order valence-electron chi connectivity index (χ0n) is 13.3. The minimum atomic E-state index is 0.451. The first-order chi connectivity index (χ1) is 10.7. The molecule has 2 aromatic heterocycles. The summed E-state index contributed by atoms with van der Waals surface area (Å²) in [6.07, 6.45) is 2.36. The fourth-order valence-electron chi connectivity index (χ4n) is 3.72. The monoisotopic (exact) mass is 299 g/mol. The fraction of sp³-hybridized carbons (Fsp3) is 0.444. The summed E-state index contributed by atoms with van der Waals surface area (Å²) in [5.74, 6) is 3.04. The van der Waals surface area contributed by atoms with E-state index in [4.69, 9.17) is 13.6 Å². The third-order valence-corrected chi connectivity index (χ3v) is 4.61. The number of hydrogen-bond acceptors (Lipinski definition) is 4. The smallest absolute Gasteiger partial charge is 0.177 e. The first-order valence-corrected chi connectivity index (χ1v) is 7.90. The molecule has 1 N–H and O–H groups in total. The lowest BCUT2D eigenvalue weighted by Gasteiger charge is -2.24. The fourth-order valence-corrected chi connectivity index (χ4v) is 3.72. The molecule has 1 saturated heterocycles. The molecule has 0 radical (unpaired) electrons. The van der Waals surface area contributed by atoms with Crippen LogP contribution in [0.15, 0.2) is 21.0 Å². The summed E-state index contributed by atoms with van der Waals surface area (Å²) >= 11 is 0. The van der Waals surface area contributed by atoms with E-state index < -0.39 is 0 Å². The maximum atomic E-state index is 6.06. The molecule has 3 aromatic rings. The van der Waals surface area contributed by atoms with Crippen LogP contribution >= 0.6 is 0 Å². The maximum Gasteiger partial charge on any atom is 0.177 e. The van der Waals surface area contributed by atoms with Gasteiger partial charge in [0, 0.05) is 23.4 Å². The number of ether oxygens (including phenoxy) is 1. The van der Waals surface area contributed by atoms with Crippen molar-refractivity contribution in [3.63, 3.8) is 0 Å². The molecule has 4 rings (SSSR count). The normalized spacial score (nSPS) is 19.1. The summed E-state index contributed by atoms with van der Waals surface area (Å²) in [4.78, 5) is 0. The molecular weight excluding hydrogens is 278 g/mol. The van der Waals surface area contributed by atoms with Crippen LogP contribution < -0.4 is 10.1 Å². The highest BCUT2D eigenvalue weighted by molar-refractivity contribution is 6.05. The number of aryl methyl sites for hydroxylation is 2. The van der Waals surface area contributed by atoms with Crippen LogP contribution in [-0.4, -0.2) is 20.2 Å². The van der Waals surface area contributed by atoms with Crippen molar-refractivity contribution in [1.82, 2.24) is 5.32 Å². The van der Waals surface area contributed by atoms with E-state index in [1.54, 1.807) is 7.11 Å². The van der Waals surface area contributed by atoms with Crippen LogP contribution in [-0.2, 0) is 0 Å². The lowest BCUT2D eigenvalue weighted by Crippen LogP contribution is -2.28. The summed E-state index contributed by atoms with van der Waals surface area (Å²) in [6, 6.07) is 4.16. The molecule has 0 spiro atoms. The molecule has 4 heteroatoms. The van der Waals surface area contributed by atoms with Gasteiger partial charge in [0.1, 0.15) is 17.1 Å². The second kappa shape index (κ2) is 5.06. The average molecular weight is 299 g/mol. The number of piperidine rings is 1. The highest BCUT2D eigenvalue weighted by atomic mass is 16.5. The van der Waals surface area contributed by atoms with Gasteiger partial charge in [0.25, 0.3) is 0 Å². The SMILES string of the molecule is COc1c2cc(C)oc2c(C2CCCNC2)c2cc(C)oc12. The summed E-state index contributed by atoms with van der Waals surface area (Å²) in [6.45, 7) is 6.05. The molecule has 0 amide bonds. The predicted molar refractivity (Wildman–Crippen MR) is 86.9 cm³/mol. The van der Waals surface area contributed by atoms with Crippen molar-refractivity contribution < 1.29 is 13.6 Å². The number of furan rings is 2. The van der Waals surface area contributed by atoms with E-state index in [9.17, 15) is 0 Å². The van der Waals surface area contributed by atoms with Crippen molar-refractivity contribution >= 4 is 21.9 Å². The molecule has 3 heterocycles. The van der Waals surface area contributed by atoms with Crippen LogP contribution in [0.4, 0.5) is 0 Å². The van der Waals surface area contributed by atoms with Gasteiger partial charge in [-0.1, -0.05) is 0 Å². The Bertz CT molecular complexity index is 779. The Hall–Kier alpha value is -1.94. The van der Waals surface area contributed by atoms with Gasteiger partial charge < -0.3 is 18.9 Å². The lowest BCUT2D eigenvalue weighted by atomic mass is 9.88. The molecule has 0 aliphatic carbocycles. The van der Waals surface area contributed by atoms with E-state index in [2.05, 4.69) is 11.4 Å². The Labute approximate surface area is 129 Å². The van der Waals surface area contributed by atoms with E-state index in [0.29, 0.717) is 5.92 Å². The van der Waals surface area contributed by atoms with Gasteiger partial charge in [0.05, 0.1) is 12.5 Å². The van der Waals surface area contributed by atoms with Gasteiger partial charge in [-0.05, 0) is 45.4 Å². The van der Waals surface area contributed by atoms with Crippen molar-refractivity contribution in [3.8, 4) is 5.75 Å². The zero-order chi connectivity index (χ0) is 15.3. The molecular formula is C18H21NO3. The van der Waals surface area contributed by atoms with Crippen molar-refractivity contribution in [3.05, 3.63) is 29.2 Å². The zero-order valence-corrected chi connectivity index (χ0v) is 13.3. The Morgan fingerprint density at radius 2 is 1.82 bits per heavy atom. The summed E-state index contributed by atoms with van der Waals surface area (Å²) < 4.78 is 17.7. The standard InChI is InChI=1S/C18H21NO3/c1-10-7-13-15(12-5-4-6-19-9-12)16-14(8-11(2)21-16)17(20-3)18(13)22-10/h7-8,12,19H,4-6,9H2,1-3H3. The second-order valence-corrected chi connectivity index (χ2v) is 6.19. The van der Waals surface area contributed by atoms with Gasteiger partial charge in [-0.2, -0.15) is 0 Å². The molecule has 4 nitrogen and oxygen atoms in total. The third kappa shape index (κ3) is 1.94. The van der Waals surface area contributed by atoms with Crippen molar-refractivity contribution in [2.45, 2.75) is 32.6 Å². The Kier molecular flexibility index (Phi) is 3.15. The Morgan fingerprint density at radius 3 is 2.50 bits per heavy atom. The molecule has 0 saturated carbocycles. The van der Waals surface area contributed by atoms with Crippen molar-refractivity contribution in [2.75, 3.05) is 20.2 Å². The molecule has 1 aliphatic rings. The number of nitrogens with one attached hydrogen (secondary N) is 1. The van der Waals surface area contributed by atoms with Crippen LogP contribution in [0.1, 0.15) is 35.8 Å². The molecule has 22 heavy (non-hydrogen) atoms. The first-order valence-electron chi connectivity index (χ1n) is 7.90. The second-order valence-electron chi connectivity index (χ2n) is 6.19. The van der Waals surface area contributed by atoms with Gasteiger partial charge in [0.15, 0.2) is 11.3 Å². The van der Waals surface area contributed by atoms with Crippen LogP contribution in [0.25, 0.3) is 21.9 Å². The molecule has 1 aliphatic heterocycles. The van der Waals surface area contributed by atoms with E-state index in [0.717, 1.165) is 52.3 Å². The number of hydrogen-bond donors (Lipinski definition) is 1. The summed E-state index contributed by atoms with van der Waals surface area (Å²) in [5, 5.41) is 5.65. The molecule has 1 unspecified atom stereocenters. The van der Waals surface area contributed by atoms with Gasteiger partial charge in [-0.25, -0.2) is 0 Å². The lowest BCUT2D eigenvalue weighted by molar-refractivity contribution is 0.412. The minimum absolute atomic E-state index is 0.451. The van der Waals surface area contributed by atoms with Crippen molar-refractivity contribution in [2.24, 2.45) is 0 Å². The minimum Gasteiger partial charge on any atom is -0.492 e. The van der Waals surface area contributed by atoms with Gasteiger partial charge in [0.2, 0.25) is 0 Å². The predicted octanol–water partition coefficient (Wildman–Crippen LogP) is 4.27. The topological polar surface area (TPSA) is 47.5 Å².